The topological polar surface area (TPSA) is 65.2 Å². The van der Waals surface area contributed by atoms with Crippen molar-refractivity contribution in [3.05, 3.63) is 71.9 Å². The molecular formula is C17H14N2O2. The van der Waals surface area contributed by atoms with Crippen LogP contribution >= 0.6 is 0 Å². The van der Waals surface area contributed by atoms with Crippen LogP contribution in [0.4, 0.5) is 5.69 Å². The van der Waals surface area contributed by atoms with E-state index in [4.69, 9.17) is 10.5 Å². The van der Waals surface area contributed by atoms with Crippen LogP contribution in [-0.4, -0.2) is 11.0 Å². The molecule has 4 nitrogen and oxygen atoms in total. The summed E-state index contributed by atoms with van der Waals surface area (Å²) in [7, 11) is 0. The Kier molecular flexibility index (Phi) is 3.51. The van der Waals surface area contributed by atoms with E-state index < -0.39 is 5.97 Å². The van der Waals surface area contributed by atoms with Crippen molar-refractivity contribution < 1.29 is 9.53 Å². The van der Waals surface area contributed by atoms with Crippen LogP contribution in [0.3, 0.4) is 0 Å². The zero-order chi connectivity index (χ0) is 14.7. The fourth-order valence-electron chi connectivity index (χ4n) is 2.10. The van der Waals surface area contributed by atoms with Gasteiger partial charge < -0.3 is 10.5 Å². The molecular weight excluding hydrogens is 264 g/mol. The van der Waals surface area contributed by atoms with Gasteiger partial charge >= 0.3 is 5.97 Å². The highest BCUT2D eigenvalue weighted by Crippen LogP contribution is 2.20. The number of carbonyl (C=O) groups excluding carboxylic acids is 1. The van der Waals surface area contributed by atoms with E-state index in [-0.39, 0.29) is 12.3 Å². The van der Waals surface area contributed by atoms with E-state index in [9.17, 15) is 4.79 Å². The Morgan fingerprint density at radius 2 is 1.76 bits per heavy atom. The third-order valence-electron chi connectivity index (χ3n) is 3.17. The minimum Gasteiger partial charge on any atom is -0.456 e. The summed E-state index contributed by atoms with van der Waals surface area (Å²) in [6, 6.07) is 18.5. The molecule has 1 heterocycles. The molecule has 0 spiro atoms. The normalized spacial score (nSPS) is 10.5. The predicted octanol–water partition coefficient (Wildman–Crippen LogP) is 3.17. The number of nitrogens with zero attached hydrogens (tertiary/aromatic N) is 1. The van der Waals surface area contributed by atoms with Crippen molar-refractivity contribution in [2.24, 2.45) is 0 Å². The minimum absolute atomic E-state index is 0.216. The zero-order valence-electron chi connectivity index (χ0n) is 11.3. The second-order valence-corrected chi connectivity index (χ2v) is 4.68. The molecule has 3 aromatic rings. The summed E-state index contributed by atoms with van der Waals surface area (Å²) in [5.41, 5.74) is 8.31. The molecule has 21 heavy (non-hydrogen) atoms. The molecule has 3 rings (SSSR count). The number of ether oxygens (including phenoxy) is 1. The lowest BCUT2D eigenvalue weighted by Gasteiger charge is -2.07. The monoisotopic (exact) mass is 278 g/mol. The highest BCUT2D eigenvalue weighted by Gasteiger charge is 2.12. The molecule has 0 aliphatic carbocycles. The SMILES string of the molecule is Nc1cc(C(=O)OCc2ccccc2)nc2ccccc12. The summed E-state index contributed by atoms with van der Waals surface area (Å²) in [4.78, 5) is 16.4. The molecule has 0 aliphatic rings. The van der Waals surface area contributed by atoms with Crippen molar-refractivity contribution in [1.82, 2.24) is 4.98 Å². The molecule has 2 N–H and O–H groups in total. The minimum atomic E-state index is -0.476. The summed E-state index contributed by atoms with van der Waals surface area (Å²) in [5, 5.41) is 0.831. The number of nitrogens with two attached hydrogens (primary N) is 1. The number of hydrogen-bond acceptors (Lipinski definition) is 4. The molecule has 0 saturated heterocycles. The van der Waals surface area contributed by atoms with Gasteiger partial charge in [0.25, 0.3) is 0 Å². The Morgan fingerprint density at radius 1 is 1.05 bits per heavy atom. The van der Waals surface area contributed by atoms with Gasteiger partial charge in [0.1, 0.15) is 6.61 Å². The van der Waals surface area contributed by atoms with Crippen LogP contribution in [0.25, 0.3) is 10.9 Å². The maximum atomic E-state index is 12.1. The molecule has 0 aliphatic heterocycles. The van der Waals surface area contributed by atoms with Crippen LogP contribution in [0.15, 0.2) is 60.7 Å². The molecule has 0 atom stereocenters. The Balaban J connectivity index is 1.81. The number of carbonyl (C=O) groups is 1. The first-order valence-electron chi connectivity index (χ1n) is 6.60. The van der Waals surface area contributed by atoms with E-state index in [2.05, 4.69) is 4.98 Å². The summed E-state index contributed by atoms with van der Waals surface area (Å²) >= 11 is 0. The Hall–Kier alpha value is -2.88. The average Bonchev–Trinajstić information content (AvgIpc) is 2.53. The summed E-state index contributed by atoms with van der Waals surface area (Å²) in [5.74, 6) is -0.476. The van der Waals surface area contributed by atoms with Crippen molar-refractivity contribution >= 4 is 22.6 Å². The lowest BCUT2D eigenvalue weighted by Crippen LogP contribution is -2.08. The van der Waals surface area contributed by atoms with E-state index in [1.54, 1.807) is 6.07 Å². The predicted molar refractivity (Wildman–Crippen MR) is 81.7 cm³/mol. The van der Waals surface area contributed by atoms with Crippen molar-refractivity contribution in [2.75, 3.05) is 5.73 Å². The van der Waals surface area contributed by atoms with E-state index in [0.717, 1.165) is 10.9 Å². The largest absolute Gasteiger partial charge is 0.456 e. The van der Waals surface area contributed by atoms with Gasteiger partial charge in [-0.2, -0.15) is 0 Å². The van der Waals surface area contributed by atoms with E-state index in [1.165, 1.54) is 0 Å². The van der Waals surface area contributed by atoms with E-state index in [1.807, 2.05) is 54.6 Å². The van der Waals surface area contributed by atoms with Crippen LogP contribution in [0.5, 0.6) is 0 Å². The number of para-hydroxylation sites is 1. The number of pyridine rings is 1. The molecule has 0 unspecified atom stereocenters. The number of aromatic nitrogens is 1. The Labute approximate surface area is 122 Å². The van der Waals surface area contributed by atoms with Gasteiger partial charge in [-0.3, -0.25) is 0 Å². The average molecular weight is 278 g/mol. The standard InChI is InChI=1S/C17H14N2O2/c18-14-10-16(19-15-9-5-4-8-13(14)15)17(20)21-11-12-6-2-1-3-7-12/h1-10H,11H2,(H2,18,19). The van der Waals surface area contributed by atoms with Gasteiger partial charge in [-0.1, -0.05) is 48.5 Å². The molecule has 0 saturated carbocycles. The van der Waals surface area contributed by atoms with Crippen molar-refractivity contribution in [3.63, 3.8) is 0 Å². The molecule has 0 bridgehead atoms. The highest BCUT2D eigenvalue weighted by molar-refractivity contribution is 5.96. The molecule has 0 radical (unpaired) electrons. The van der Waals surface area contributed by atoms with Crippen molar-refractivity contribution in [1.29, 1.82) is 0 Å². The maximum absolute atomic E-state index is 12.1. The van der Waals surface area contributed by atoms with Gasteiger partial charge in [-0.05, 0) is 17.7 Å². The van der Waals surface area contributed by atoms with Crippen LogP contribution in [0.1, 0.15) is 16.1 Å². The quantitative estimate of drug-likeness (QED) is 0.747. The smallest absolute Gasteiger partial charge is 0.357 e. The number of anilines is 1. The summed E-state index contributed by atoms with van der Waals surface area (Å²) < 4.78 is 5.26. The second-order valence-electron chi connectivity index (χ2n) is 4.68. The van der Waals surface area contributed by atoms with Gasteiger partial charge in [-0.25, -0.2) is 9.78 Å². The first-order chi connectivity index (χ1) is 10.2. The van der Waals surface area contributed by atoms with Crippen LogP contribution < -0.4 is 5.73 Å². The molecule has 1 aromatic heterocycles. The number of esters is 1. The lowest BCUT2D eigenvalue weighted by atomic mass is 10.1. The molecule has 0 fully saturated rings. The fraction of sp³-hybridized carbons (Fsp3) is 0.0588. The number of fused-ring (bicyclic) bond motifs is 1. The van der Waals surface area contributed by atoms with Crippen molar-refractivity contribution in [2.45, 2.75) is 6.61 Å². The van der Waals surface area contributed by atoms with Crippen molar-refractivity contribution in [3.8, 4) is 0 Å². The zero-order valence-corrected chi connectivity index (χ0v) is 11.3. The third kappa shape index (κ3) is 2.84. The van der Waals surface area contributed by atoms with Gasteiger partial charge in [0, 0.05) is 11.1 Å². The Morgan fingerprint density at radius 3 is 2.57 bits per heavy atom. The first-order valence-corrected chi connectivity index (χ1v) is 6.60. The Bertz CT molecular complexity index is 785. The number of nitrogen functional groups attached to an aromatic ring is 1. The fourth-order valence-corrected chi connectivity index (χ4v) is 2.10. The molecule has 2 aromatic carbocycles. The van der Waals surface area contributed by atoms with Gasteiger partial charge in [-0.15, -0.1) is 0 Å². The van der Waals surface area contributed by atoms with Gasteiger partial charge in [0.2, 0.25) is 0 Å². The van der Waals surface area contributed by atoms with Crippen LogP contribution in [0, 0.1) is 0 Å². The molecule has 104 valence electrons. The lowest BCUT2D eigenvalue weighted by molar-refractivity contribution is 0.0466. The van der Waals surface area contributed by atoms with Gasteiger partial charge in [0.15, 0.2) is 5.69 Å². The van der Waals surface area contributed by atoms with E-state index in [0.29, 0.717) is 11.2 Å². The summed E-state index contributed by atoms with van der Waals surface area (Å²) in [6.07, 6.45) is 0. The number of benzene rings is 2. The van der Waals surface area contributed by atoms with E-state index >= 15 is 0 Å². The van der Waals surface area contributed by atoms with Crippen LogP contribution in [-0.2, 0) is 11.3 Å². The number of hydrogen-bond donors (Lipinski definition) is 1. The maximum Gasteiger partial charge on any atom is 0.357 e. The molecule has 0 amide bonds. The number of rotatable bonds is 3. The van der Waals surface area contributed by atoms with Gasteiger partial charge in [0.05, 0.1) is 5.52 Å². The second kappa shape index (κ2) is 5.63. The third-order valence-corrected chi connectivity index (χ3v) is 3.17. The molecule has 4 heteroatoms. The first kappa shape index (κ1) is 13.1. The highest BCUT2D eigenvalue weighted by atomic mass is 16.5. The van der Waals surface area contributed by atoms with Crippen LogP contribution in [0.2, 0.25) is 0 Å². The summed E-state index contributed by atoms with van der Waals surface area (Å²) in [6.45, 7) is 0.216.